The van der Waals surface area contributed by atoms with Crippen molar-refractivity contribution in [2.24, 2.45) is 17.4 Å². The molecule has 4 N–H and O–H groups in total. The highest BCUT2D eigenvalue weighted by Crippen LogP contribution is 2.35. The van der Waals surface area contributed by atoms with Crippen LogP contribution >= 0.6 is 11.6 Å². The molecule has 2 fully saturated rings. The summed E-state index contributed by atoms with van der Waals surface area (Å²) in [5.41, 5.74) is 16.2. The maximum Gasteiger partial charge on any atom is 0.256 e. The predicted molar refractivity (Wildman–Crippen MR) is 168 cm³/mol. The summed E-state index contributed by atoms with van der Waals surface area (Å²) in [6.07, 6.45) is 3.47. The predicted octanol–water partition coefficient (Wildman–Crippen LogP) is 4.43. The molecule has 9 nitrogen and oxygen atoms in total. The van der Waals surface area contributed by atoms with Crippen molar-refractivity contribution in [3.05, 3.63) is 70.9 Å². The van der Waals surface area contributed by atoms with Gasteiger partial charge in [0.2, 0.25) is 5.88 Å². The molecule has 3 aromatic rings. The summed E-state index contributed by atoms with van der Waals surface area (Å²) in [7, 11) is 0. The summed E-state index contributed by atoms with van der Waals surface area (Å²) in [4.78, 5) is 37.3. The summed E-state index contributed by atoms with van der Waals surface area (Å²) in [5.74, 6) is 0.404. The van der Waals surface area contributed by atoms with E-state index in [1.807, 2.05) is 54.3 Å². The Morgan fingerprint density at radius 2 is 1.86 bits per heavy atom. The van der Waals surface area contributed by atoms with E-state index >= 15 is 0 Å². The summed E-state index contributed by atoms with van der Waals surface area (Å²) in [5, 5.41) is 0.607. The first-order valence-corrected chi connectivity index (χ1v) is 15.0. The van der Waals surface area contributed by atoms with Crippen LogP contribution in [0.2, 0.25) is 5.02 Å². The number of nitrogens with two attached hydrogens (primary N) is 2. The van der Waals surface area contributed by atoms with E-state index in [2.05, 4.69) is 21.7 Å². The van der Waals surface area contributed by atoms with Gasteiger partial charge >= 0.3 is 0 Å². The first-order chi connectivity index (χ1) is 20.3. The normalized spacial score (nSPS) is 18.8. The summed E-state index contributed by atoms with van der Waals surface area (Å²) >= 11 is 6.37. The van der Waals surface area contributed by atoms with Gasteiger partial charge in [-0.15, -0.1) is 0 Å². The number of hydrogen-bond donors (Lipinski definition) is 2. The summed E-state index contributed by atoms with van der Waals surface area (Å²) < 4.78 is 5.71. The Hall–Kier alpha value is -3.82. The minimum Gasteiger partial charge on any atom is -0.478 e. The van der Waals surface area contributed by atoms with Crippen LogP contribution in [0.15, 0.2) is 54.7 Å². The number of halogens is 1. The lowest BCUT2D eigenvalue weighted by Gasteiger charge is -2.43. The zero-order chi connectivity index (χ0) is 29.8. The Labute approximate surface area is 252 Å². The third-order valence-electron chi connectivity index (χ3n) is 8.33. The second-order valence-corrected chi connectivity index (χ2v) is 11.3. The maximum absolute atomic E-state index is 13.9. The van der Waals surface area contributed by atoms with Crippen molar-refractivity contribution in [3.63, 3.8) is 0 Å². The van der Waals surface area contributed by atoms with E-state index in [9.17, 15) is 9.59 Å². The fourth-order valence-corrected chi connectivity index (χ4v) is 6.25. The van der Waals surface area contributed by atoms with Gasteiger partial charge < -0.3 is 30.9 Å². The number of ether oxygens (including phenoxy) is 1. The van der Waals surface area contributed by atoms with Crippen molar-refractivity contribution < 1.29 is 14.3 Å². The molecule has 2 amide bonds. The lowest BCUT2D eigenvalue weighted by molar-refractivity contribution is 0.0720. The lowest BCUT2D eigenvalue weighted by atomic mass is 9.99. The molecule has 0 spiro atoms. The van der Waals surface area contributed by atoms with Gasteiger partial charge in [0.1, 0.15) is 0 Å². The van der Waals surface area contributed by atoms with Gasteiger partial charge in [-0.3, -0.25) is 9.59 Å². The van der Waals surface area contributed by atoms with Crippen molar-refractivity contribution in [1.82, 2.24) is 9.88 Å². The van der Waals surface area contributed by atoms with Crippen molar-refractivity contribution >= 4 is 34.8 Å². The number of aromatic nitrogens is 1. The molecule has 2 atom stereocenters. The van der Waals surface area contributed by atoms with Crippen molar-refractivity contribution in [3.8, 4) is 17.0 Å². The molecule has 2 aliphatic heterocycles. The molecule has 0 radical (unpaired) electrons. The van der Waals surface area contributed by atoms with E-state index in [0.29, 0.717) is 60.7 Å². The second kappa shape index (κ2) is 13.0. The number of amides is 2. The molecule has 5 rings (SSSR count). The van der Waals surface area contributed by atoms with Crippen LogP contribution in [0.1, 0.15) is 47.4 Å². The van der Waals surface area contributed by atoms with E-state index in [1.54, 1.807) is 12.3 Å². The highest BCUT2D eigenvalue weighted by molar-refractivity contribution is 6.31. The van der Waals surface area contributed by atoms with Crippen molar-refractivity contribution in [1.29, 1.82) is 0 Å². The van der Waals surface area contributed by atoms with Gasteiger partial charge in [-0.25, -0.2) is 4.98 Å². The molecule has 222 valence electrons. The molecule has 0 aliphatic carbocycles. The van der Waals surface area contributed by atoms with Gasteiger partial charge in [-0.1, -0.05) is 24.6 Å². The molecule has 42 heavy (non-hydrogen) atoms. The van der Waals surface area contributed by atoms with Gasteiger partial charge in [0.05, 0.1) is 23.4 Å². The molecule has 0 unspecified atom stereocenters. The number of piperazine rings is 1. The number of anilines is 2. The smallest absolute Gasteiger partial charge is 0.256 e. The first-order valence-electron chi connectivity index (χ1n) is 14.7. The number of benzene rings is 2. The average Bonchev–Trinajstić information content (AvgIpc) is 3.50. The molecule has 2 aromatic carbocycles. The first kappa shape index (κ1) is 29.7. The molecule has 2 aliphatic rings. The Kier molecular flexibility index (Phi) is 9.18. The van der Waals surface area contributed by atoms with Crippen molar-refractivity contribution in [2.75, 3.05) is 55.7 Å². The van der Waals surface area contributed by atoms with E-state index in [1.165, 1.54) is 0 Å². The molecule has 1 aromatic heterocycles. The number of nitrogens with zero attached hydrogens (tertiary/aromatic N) is 4. The highest BCUT2D eigenvalue weighted by atomic mass is 35.5. The minimum absolute atomic E-state index is 0.00758. The van der Waals surface area contributed by atoms with Crippen molar-refractivity contribution in [2.45, 2.75) is 32.7 Å². The van der Waals surface area contributed by atoms with Gasteiger partial charge in [-0.05, 0) is 80.3 Å². The van der Waals surface area contributed by atoms with Crippen LogP contribution in [0.5, 0.6) is 5.88 Å². The monoisotopic (exact) mass is 590 g/mol. The Balaban J connectivity index is 1.39. The maximum atomic E-state index is 13.9. The van der Waals surface area contributed by atoms with Crippen LogP contribution in [0.3, 0.4) is 0 Å². The highest BCUT2D eigenvalue weighted by Gasteiger charge is 2.33. The number of hydrogen-bond acceptors (Lipinski definition) is 7. The fourth-order valence-electron chi connectivity index (χ4n) is 6.08. The Morgan fingerprint density at radius 1 is 1.02 bits per heavy atom. The van der Waals surface area contributed by atoms with Gasteiger partial charge in [0.25, 0.3) is 11.8 Å². The van der Waals surface area contributed by atoms with Crippen LogP contribution in [0, 0.1) is 5.92 Å². The molecule has 0 bridgehead atoms. The average molecular weight is 591 g/mol. The fraction of sp³-hybridized carbons (Fsp3) is 0.406. The van der Waals surface area contributed by atoms with Crippen LogP contribution in [0.4, 0.5) is 11.4 Å². The summed E-state index contributed by atoms with van der Waals surface area (Å²) in [6, 6.07) is 15.0. The Bertz CT molecular complexity index is 1450. The number of carbonyl (C=O) groups excluding carboxylic acids is 2. The van der Waals surface area contributed by atoms with Gasteiger partial charge in [0.15, 0.2) is 0 Å². The van der Waals surface area contributed by atoms with Gasteiger partial charge in [-0.2, -0.15) is 0 Å². The Morgan fingerprint density at radius 3 is 2.57 bits per heavy atom. The standard InChI is InChI=1S/C32H39ClN6O3/c1-3-24-20-38(32(41)26-9-8-23(33)17-29(26)37-13-11-21(18-34)19-37)14-15-39(24)28-10-7-22(16-27(28)30(35)40)25-6-5-12-36-31(25)42-4-2/h5-10,12,16-17,21,24H,3-4,11,13-15,18-20,34H2,1-2H3,(H2,35,40)/t21-,24-/m1/s1. The number of primary amides is 1. The van der Waals surface area contributed by atoms with E-state index in [4.69, 9.17) is 27.8 Å². The number of rotatable bonds is 9. The molecule has 0 saturated carbocycles. The second-order valence-electron chi connectivity index (χ2n) is 10.9. The zero-order valence-corrected chi connectivity index (χ0v) is 25.0. The number of carbonyl (C=O) groups is 2. The van der Waals surface area contributed by atoms with Crippen LogP contribution in [-0.4, -0.2) is 73.6 Å². The topological polar surface area (TPSA) is 118 Å². The largest absolute Gasteiger partial charge is 0.478 e. The van der Waals surface area contributed by atoms with E-state index < -0.39 is 5.91 Å². The molecule has 3 heterocycles. The quantitative estimate of drug-likeness (QED) is 0.379. The van der Waals surface area contributed by atoms with E-state index in [-0.39, 0.29) is 11.9 Å². The van der Waals surface area contributed by atoms with Crippen LogP contribution < -0.4 is 26.0 Å². The lowest BCUT2D eigenvalue weighted by Crippen LogP contribution is -2.55. The summed E-state index contributed by atoms with van der Waals surface area (Å²) in [6.45, 7) is 8.40. The number of pyridine rings is 1. The molecular weight excluding hydrogens is 552 g/mol. The third-order valence-corrected chi connectivity index (χ3v) is 8.56. The van der Waals surface area contributed by atoms with E-state index in [0.717, 1.165) is 48.4 Å². The molecule has 10 heteroatoms. The van der Waals surface area contributed by atoms with Crippen LogP contribution in [-0.2, 0) is 0 Å². The molecule has 2 saturated heterocycles. The minimum atomic E-state index is -0.505. The van der Waals surface area contributed by atoms with Crippen LogP contribution in [0.25, 0.3) is 11.1 Å². The SMILES string of the molecule is CCOc1ncccc1-c1ccc(N2CCN(C(=O)c3ccc(Cl)cc3N3CC[C@H](CN)C3)C[C@H]2CC)c(C(N)=O)c1. The zero-order valence-electron chi connectivity index (χ0n) is 24.3. The molecular formula is C32H39ClN6O3. The third kappa shape index (κ3) is 6.03. The van der Waals surface area contributed by atoms with Gasteiger partial charge in [0, 0.05) is 61.2 Å².